The van der Waals surface area contributed by atoms with Gasteiger partial charge in [-0.3, -0.25) is 4.98 Å². The van der Waals surface area contributed by atoms with Crippen LogP contribution in [-0.4, -0.2) is 4.98 Å². The first-order valence-corrected chi connectivity index (χ1v) is 2.68. The summed E-state index contributed by atoms with van der Waals surface area (Å²) in [7, 11) is 0. The molecule has 0 fully saturated rings. The fraction of sp³-hybridized carbons (Fsp3) is 0.167. The standard InChI is InChI=1S/C6H6F2N2/c7-6(8)4-1-5(9)3-10-2-4/h1-3,6H,9H2. The topological polar surface area (TPSA) is 38.9 Å². The number of nitrogen functional groups attached to an aromatic ring is 1. The van der Waals surface area contributed by atoms with Crippen molar-refractivity contribution in [1.82, 2.24) is 4.98 Å². The monoisotopic (exact) mass is 144 g/mol. The molecule has 1 heterocycles. The SMILES string of the molecule is Nc1cncc(C(F)F)c1. The second-order valence-electron chi connectivity index (χ2n) is 1.85. The highest BCUT2D eigenvalue weighted by Gasteiger charge is 2.05. The van der Waals surface area contributed by atoms with Crippen LogP contribution in [0.1, 0.15) is 12.0 Å². The first-order valence-electron chi connectivity index (χ1n) is 2.68. The van der Waals surface area contributed by atoms with Crippen LogP contribution in [0.5, 0.6) is 0 Å². The van der Waals surface area contributed by atoms with Crippen LogP contribution < -0.4 is 5.73 Å². The van der Waals surface area contributed by atoms with Crippen LogP contribution in [0.15, 0.2) is 18.5 Å². The van der Waals surface area contributed by atoms with Crippen molar-refractivity contribution in [3.63, 3.8) is 0 Å². The summed E-state index contributed by atoms with van der Waals surface area (Å²) in [5, 5.41) is 0. The van der Waals surface area contributed by atoms with E-state index >= 15 is 0 Å². The van der Waals surface area contributed by atoms with Gasteiger partial charge in [0.2, 0.25) is 0 Å². The molecular formula is C6H6F2N2. The summed E-state index contributed by atoms with van der Waals surface area (Å²) in [6, 6.07) is 1.21. The summed E-state index contributed by atoms with van der Waals surface area (Å²) in [5.41, 5.74) is 5.32. The lowest BCUT2D eigenvalue weighted by molar-refractivity contribution is 0.151. The largest absolute Gasteiger partial charge is 0.397 e. The minimum absolute atomic E-state index is 0.139. The molecule has 4 heteroatoms. The second-order valence-corrected chi connectivity index (χ2v) is 1.85. The zero-order chi connectivity index (χ0) is 7.56. The summed E-state index contributed by atoms with van der Waals surface area (Å²) in [5.74, 6) is 0. The average Bonchev–Trinajstić information content (AvgIpc) is 1.88. The normalized spacial score (nSPS) is 10.3. The Bertz CT molecular complexity index is 225. The molecule has 0 radical (unpaired) electrons. The number of alkyl halides is 2. The summed E-state index contributed by atoms with van der Waals surface area (Å²) in [6.45, 7) is 0. The second kappa shape index (κ2) is 2.60. The molecule has 0 aromatic carbocycles. The molecule has 0 amide bonds. The molecule has 0 unspecified atom stereocenters. The Morgan fingerprint density at radius 1 is 1.40 bits per heavy atom. The number of rotatable bonds is 1. The van der Waals surface area contributed by atoms with E-state index in [2.05, 4.69) is 4.98 Å². The Balaban J connectivity index is 2.96. The quantitative estimate of drug-likeness (QED) is 0.650. The van der Waals surface area contributed by atoms with Crippen LogP contribution in [0.4, 0.5) is 14.5 Å². The average molecular weight is 144 g/mol. The van der Waals surface area contributed by atoms with Crippen LogP contribution in [0, 0.1) is 0 Å². The molecule has 0 aliphatic carbocycles. The maximum Gasteiger partial charge on any atom is 0.265 e. The molecule has 1 aromatic heterocycles. The predicted molar refractivity (Wildman–Crippen MR) is 33.6 cm³/mol. The molecule has 0 aliphatic rings. The zero-order valence-electron chi connectivity index (χ0n) is 5.09. The number of hydrogen-bond donors (Lipinski definition) is 1. The number of hydrogen-bond acceptors (Lipinski definition) is 2. The number of nitrogens with two attached hydrogens (primary N) is 1. The molecule has 0 spiro atoms. The summed E-state index contributed by atoms with van der Waals surface area (Å²) in [4.78, 5) is 3.50. The summed E-state index contributed by atoms with van der Waals surface area (Å²) < 4.78 is 23.7. The van der Waals surface area contributed by atoms with Crippen molar-refractivity contribution in [3.8, 4) is 0 Å². The van der Waals surface area contributed by atoms with E-state index < -0.39 is 6.43 Å². The van der Waals surface area contributed by atoms with Crippen molar-refractivity contribution in [2.45, 2.75) is 6.43 Å². The maximum absolute atomic E-state index is 11.9. The van der Waals surface area contributed by atoms with Gasteiger partial charge in [0.05, 0.1) is 5.69 Å². The van der Waals surface area contributed by atoms with Crippen LogP contribution in [0.2, 0.25) is 0 Å². The van der Waals surface area contributed by atoms with Crippen LogP contribution in [-0.2, 0) is 0 Å². The Hall–Kier alpha value is -1.19. The van der Waals surface area contributed by atoms with Gasteiger partial charge in [0.15, 0.2) is 0 Å². The molecule has 0 aliphatic heterocycles. The third-order valence-corrected chi connectivity index (χ3v) is 1.03. The lowest BCUT2D eigenvalue weighted by Gasteiger charge is -1.97. The van der Waals surface area contributed by atoms with Gasteiger partial charge in [-0.15, -0.1) is 0 Å². The first-order chi connectivity index (χ1) is 4.70. The highest BCUT2D eigenvalue weighted by molar-refractivity contribution is 5.37. The molecule has 1 aromatic rings. The van der Waals surface area contributed by atoms with Gasteiger partial charge < -0.3 is 5.73 Å². The van der Waals surface area contributed by atoms with Gasteiger partial charge >= 0.3 is 0 Å². The lowest BCUT2D eigenvalue weighted by Crippen LogP contribution is -1.90. The Morgan fingerprint density at radius 2 is 2.10 bits per heavy atom. The molecule has 2 nitrogen and oxygen atoms in total. The highest BCUT2D eigenvalue weighted by Crippen LogP contribution is 2.18. The van der Waals surface area contributed by atoms with Crippen LogP contribution in [0.3, 0.4) is 0 Å². The van der Waals surface area contributed by atoms with Gasteiger partial charge in [-0.1, -0.05) is 0 Å². The molecule has 54 valence electrons. The maximum atomic E-state index is 11.9. The molecule has 0 saturated carbocycles. The molecule has 0 saturated heterocycles. The Kier molecular flexibility index (Phi) is 1.80. The van der Waals surface area contributed by atoms with E-state index in [1.54, 1.807) is 0 Å². The lowest BCUT2D eigenvalue weighted by atomic mass is 10.3. The Labute approximate surface area is 56.7 Å². The van der Waals surface area contributed by atoms with Gasteiger partial charge in [0, 0.05) is 18.0 Å². The molecule has 0 atom stereocenters. The smallest absolute Gasteiger partial charge is 0.265 e. The molecule has 10 heavy (non-hydrogen) atoms. The highest BCUT2D eigenvalue weighted by atomic mass is 19.3. The van der Waals surface area contributed by atoms with Crippen molar-refractivity contribution in [2.75, 3.05) is 5.73 Å². The van der Waals surface area contributed by atoms with Gasteiger partial charge in [-0.05, 0) is 6.07 Å². The van der Waals surface area contributed by atoms with Crippen molar-refractivity contribution in [1.29, 1.82) is 0 Å². The van der Waals surface area contributed by atoms with Crippen molar-refractivity contribution in [2.24, 2.45) is 0 Å². The number of nitrogens with zero attached hydrogens (tertiary/aromatic N) is 1. The molecule has 1 rings (SSSR count). The van der Waals surface area contributed by atoms with E-state index in [0.29, 0.717) is 0 Å². The third-order valence-electron chi connectivity index (χ3n) is 1.03. The third kappa shape index (κ3) is 1.40. The Morgan fingerprint density at radius 3 is 2.50 bits per heavy atom. The van der Waals surface area contributed by atoms with Gasteiger partial charge in [0.25, 0.3) is 6.43 Å². The van der Waals surface area contributed by atoms with E-state index in [1.807, 2.05) is 0 Å². The number of pyridine rings is 1. The van der Waals surface area contributed by atoms with E-state index in [0.717, 1.165) is 6.20 Å². The minimum atomic E-state index is -2.49. The fourth-order valence-corrected chi connectivity index (χ4v) is 0.596. The van der Waals surface area contributed by atoms with Crippen molar-refractivity contribution >= 4 is 5.69 Å². The summed E-state index contributed by atoms with van der Waals surface area (Å²) in [6.07, 6.45) is -0.0663. The van der Waals surface area contributed by atoms with E-state index in [-0.39, 0.29) is 11.3 Å². The van der Waals surface area contributed by atoms with E-state index in [9.17, 15) is 8.78 Å². The number of anilines is 1. The van der Waals surface area contributed by atoms with E-state index in [1.165, 1.54) is 12.3 Å². The van der Waals surface area contributed by atoms with Crippen molar-refractivity contribution in [3.05, 3.63) is 24.0 Å². The molecule has 2 N–H and O–H groups in total. The summed E-state index contributed by atoms with van der Waals surface area (Å²) >= 11 is 0. The molecule has 0 bridgehead atoms. The predicted octanol–water partition coefficient (Wildman–Crippen LogP) is 1.60. The van der Waals surface area contributed by atoms with E-state index in [4.69, 9.17) is 5.73 Å². The first kappa shape index (κ1) is 6.92. The zero-order valence-corrected chi connectivity index (χ0v) is 5.09. The van der Waals surface area contributed by atoms with Crippen molar-refractivity contribution < 1.29 is 8.78 Å². The van der Waals surface area contributed by atoms with Gasteiger partial charge in [-0.25, -0.2) is 8.78 Å². The van der Waals surface area contributed by atoms with Crippen LogP contribution in [0.25, 0.3) is 0 Å². The number of halogens is 2. The molecular weight excluding hydrogens is 138 g/mol. The van der Waals surface area contributed by atoms with Gasteiger partial charge in [-0.2, -0.15) is 0 Å². The van der Waals surface area contributed by atoms with Gasteiger partial charge in [0.1, 0.15) is 0 Å². The number of aromatic nitrogens is 1. The van der Waals surface area contributed by atoms with Crippen LogP contribution >= 0.6 is 0 Å². The fourth-order valence-electron chi connectivity index (χ4n) is 0.596. The minimum Gasteiger partial charge on any atom is -0.397 e.